The lowest BCUT2D eigenvalue weighted by Crippen LogP contribution is -2.46. The largest absolute Gasteiger partial charge is 0.492 e. The Hall–Kier alpha value is -5.42. The summed E-state index contributed by atoms with van der Waals surface area (Å²) in [5.74, 6) is -2.79. The van der Waals surface area contributed by atoms with Gasteiger partial charge in [0.15, 0.2) is 17.3 Å². The maximum Gasteiger partial charge on any atom is 0.226 e. The van der Waals surface area contributed by atoms with E-state index in [-0.39, 0.29) is 88.4 Å². The highest BCUT2D eigenvalue weighted by atomic mass is 16.5. The third-order valence-corrected chi connectivity index (χ3v) is 11.5. The Kier molecular flexibility index (Phi) is 17.1. The van der Waals surface area contributed by atoms with Gasteiger partial charge in [-0.1, -0.05) is 58.0 Å². The van der Waals surface area contributed by atoms with Crippen LogP contribution in [0.1, 0.15) is 105 Å². The Morgan fingerprint density at radius 1 is 0.933 bits per heavy atom. The number of benzene rings is 3. The maximum absolute atomic E-state index is 14.7. The predicted molar refractivity (Wildman–Crippen MR) is 231 cm³/mol. The fraction of sp³-hybridized carbons (Fsp3) is 0.489. The molecule has 0 spiro atoms. The number of rotatable bonds is 18. The van der Waals surface area contributed by atoms with E-state index in [4.69, 9.17) is 26.7 Å². The van der Waals surface area contributed by atoms with Gasteiger partial charge < -0.3 is 36.9 Å². The summed E-state index contributed by atoms with van der Waals surface area (Å²) >= 11 is 0. The van der Waals surface area contributed by atoms with Crippen LogP contribution in [0.4, 0.5) is 0 Å². The molecular formula is C47H62N6O7. The molecular weight excluding hydrogens is 761 g/mol. The molecule has 3 aromatic rings. The van der Waals surface area contributed by atoms with Crippen molar-refractivity contribution < 1.29 is 33.4 Å². The molecule has 13 heteroatoms. The minimum Gasteiger partial charge on any atom is -0.492 e. The first-order valence-corrected chi connectivity index (χ1v) is 20.9. The fourth-order valence-electron chi connectivity index (χ4n) is 7.58. The van der Waals surface area contributed by atoms with Crippen molar-refractivity contribution in [2.75, 3.05) is 39.9 Å². The molecule has 0 radical (unpaired) electrons. The first kappa shape index (κ1) is 47.3. The highest BCUT2D eigenvalue weighted by Gasteiger charge is 2.36. The summed E-state index contributed by atoms with van der Waals surface area (Å²) in [6, 6.07) is 16.2. The SMILES string of the molecule is CCC(C)(C)c1ccc(C(=O)C[C@@H](CCN)C(=O)N(C)[C@@H]2C(=O)C[C@@H](C)C(=O)N[C@H](C(=O)CCC#N)Cc3ccc(OCCN)c(c3)-c3cc2ccc3OCCN)c(C)c1. The molecule has 0 saturated heterocycles. The van der Waals surface area contributed by atoms with Gasteiger partial charge in [0.25, 0.3) is 0 Å². The van der Waals surface area contributed by atoms with Gasteiger partial charge in [0.05, 0.1) is 12.1 Å². The highest BCUT2D eigenvalue weighted by molar-refractivity contribution is 6.01. The standard InChI is InChI=1S/C47H62N6O7/c1-7-47(4,5)34-12-13-35(29(2)23-34)40(55)28-33(16-18-49)46(58)53(6)44-32-11-15-43(60-22-20-51)37(27-32)36-25-31(10-14-42(36)59-21-19-50)26-38(39(54)9-8-17-48)52-45(57)30(3)24-41(44)56/h10-15,23,25,27,30,33,38,44H,7-9,16,18-22,24,26,28,49-51H2,1-6H3,(H,52,57)/t30-,33-,38+,44+/m1/s1. The molecule has 13 nitrogen and oxygen atoms in total. The van der Waals surface area contributed by atoms with Crippen LogP contribution in [0.5, 0.6) is 11.5 Å². The van der Waals surface area contributed by atoms with Crippen LogP contribution in [0, 0.1) is 30.1 Å². The monoisotopic (exact) mass is 822 g/mol. The zero-order valence-corrected chi connectivity index (χ0v) is 36.0. The van der Waals surface area contributed by atoms with E-state index in [1.54, 1.807) is 37.3 Å². The summed E-state index contributed by atoms with van der Waals surface area (Å²) in [6.45, 7) is 10.9. The molecule has 0 aromatic heterocycles. The minimum absolute atomic E-state index is 0.0209. The summed E-state index contributed by atoms with van der Waals surface area (Å²) < 4.78 is 12.2. The number of fused-ring (bicyclic) bond motifs is 5. The van der Waals surface area contributed by atoms with Crippen molar-refractivity contribution in [3.05, 3.63) is 82.4 Å². The molecule has 0 aliphatic carbocycles. The van der Waals surface area contributed by atoms with Gasteiger partial charge >= 0.3 is 0 Å². The van der Waals surface area contributed by atoms with Crippen molar-refractivity contribution in [3.8, 4) is 28.7 Å². The average Bonchev–Trinajstić information content (AvgIpc) is 3.23. The van der Waals surface area contributed by atoms with E-state index in [0.717, 1.165) is 17.5 Å². The zero-order chi connectivity index (χ0) is 44.1. The van der Waals surface area contributed by atoms with Crippen LogP contribution in [0.2, 0.25) is 0 Å². The normalized spacial score (nSPS) is 17.4. The van der Waals surface area contributed by atoms with E-state index in [9.17, 15) is 29.2 Å². The van der Waals surface area contributed by atoms with E-state index in [1.807, 2.05) is 37.3 Å². The number of aryl methyl sites for hydroxylation is 1. The zero-order valence-electron chi connectivity index (χ0n) is 36.0. The summed E-state index contributed by atoms with van der Waals surface area (Å²) in [7, 11) is 1.53. The van der Waals surface area contributed by atoms with Crippen molar-refractivity contribution in [1.29, 1.82) is 5.26 Å². The van der Waals surface area contributed by atoms with Crippen LogP contribution < -0.4 is 32.0 Å². The van der Waals surface area contributed by atoms with Gasteiger partial charge in [0.1, 0.15) is 30.8 Å². The van der Waals surface area contributed by atoms with E-state index < -0.39 is 41.5 Å². The van der Waals surface area contributed by atoms with E-state index >= 15 is 0 Å². The number of nitrogens with two attached hydrogens (primary N) is 3. The van der Waals surface area contributed by atoms with Crippen LogP contribution in [0.25, 0.3) is 11.1 Å². The van der Waals surface area contributed by atoms with Crippen LogP contribution in [0.3, 0.4) is 0 Å². The van der Waals surface area contributed by atoms with E-state index in [1.165, 1.54) is 11.9 Å². The molecule has 322 valence electrons. The first-order valence-electron chi connectivity index (χ1n) is 20.9. The molecule has 4 rings (SSSR count). The molecule has 1 heterocycles. The van der Waals surface area contributed by atoms with Gasteiger partial charge in [-0.3, -0.25) is 24.0 Å². The molecule has 7 N–H and O–H groups in total. The topological polar surface area (TPSA) is 221 Å². The number of ketones is 3. The molecule has 4 atom stereocenters. The van der Waals surface area contributed by atoms with Gasteiger partial charge in [-0.2, -0.15) is 5.26 Å². The molecule has 1 aliphatic rings. The second-order valence-electron chi connectivity index (χ2n) is 16.3. The van der Waals surface area contributed by atoms with Crippen molar-refractivity contribution >= 4 is 29.2 Å². The molecule has 60 heavy (non-hydrogen) atoms. The Morgan fingerprint density at radius 3 is 2.18 bits per heavy atom. The van der Waals surface area contributed by atoms with E-state index in [0.29, 0.717) is 39.3 Å². The lowest BCUT2D eigenvalue weighted by Gasteiger charge is -2.32. The van der Waals surface area contributed by atoms with Gasteiger partial charge in [-0.15, -0.1) is 0 Å². The van der Waals surface area contributed by atoms with Crippen molar-refractivity contribution in [3.63, 3.8) is 0 Å². The molecule has 0 fully saturated rings. The first-order chi connectivity index (χ1) is 28.6. The molecule has 1 aliphatic heterocycles. The Morgan fingerprint density at radius 2 is 1.58 bits per heavy atom. The van der Waals surface area contributed by atoms with Crippen molar-refractivity contribution in [2.24, 2.45) is 29.0 Å². The van der Waals surface area contributed by atoms with Crippen LogP contribution >= 0.6 is 0 Å². The second kappa shape index (κ2) is 21.7. The molecule has 0 saturated carbocycles. The summed E-state index contributed by atoms with van der Waals surface area (Å²) in [6.07, 6.45) is 0.749. The number of carbonyl (C=O) groups excluding carboxylic acids is 5. The molecule has 4 bridgehead atoms. The third kappa shape index (κ3) is 11.6. The van der Waals surface area contributed by atoms with E-state index in [2.05, 4.69) is 26.1 Å². The summed E-state index contributed by atoms with van der Waals surface area (Å²) in [5, 5.41) is 12.1. The quantitative estimate of drug-likeness (QED) is 0.121. The van der Waals surface area contributed by atoms with Gasteiger partial charge in [0, 0.05) is 74.3 Å². The van der Waals surface area contributed by atoms with Crippen LogP contribution in [0.15, 0.2) is 54.6 Å². The number of nitriles is 1. The number of Topliss-reactive ketones (excluding diaryl/α,β-unsaturated/α-hetero) is 3. The lowest BCUT2D eigenvalue weighted by atomic mass is 9.80. The van der Waals surface area contributed by atoms with Gasteiger partial charge in [-0.05, 0) is 84.7 Å². The van der Waals surface area contributed by atoms with Crippen LogP contribution in [-0.4, -0.2) is 80.0 Å². The molecule has 3 aromatic carbocycles. The number of ether oxygens (including phenoxy) is 2. The van der Waals surface area contributed by atoms with Gasteiger partial charge in [-0.25, -0.2) is 0 Å². The second-order valence-corrected chi connectivity index (χ2v) is 16.3. The number of nitrogens with one attached hydrogen (secondary N) is 1. The number of carbonyl (C=O) groups is 5. The number of nitrogens with zero attached hydrogens (tertiary/aromatic N) is 2. The molecule has 0 unspecified atom stereocenters. The Balaban J connectivity index is 1.86. The number of likely N-dealkylation sites (N-methyl/N-ethyl adjacent to an activating group) is 1. The van der Waals surface area contributed by atoms with Crippen molar-refractivity contribution in [1.82, 2.24) is 10.2 Å². The predicted octanol–water partition coefficient (Wildman–Crippen LogP) is 5.27. The summed E-state index contributed by atoms with van der Waals surface area (Å²) in [4.78, 5) is 71.8. The third-order valence-electron chi connectivity index (χ3n) is 11.5. The lowest BCUT2D eigenvalue weighted by molar-refractivity contribution is -0.142. The van der Waals surface area contributed by atoms with Crippen LogP contribution in [-0.2, 0) is 31.0 Å². The Bertz CT molecular complexity index is 2070. The summed E-state index contributed by atoms with van der Waals surface area (Å²) in [5.41, 5.74) is 22.3. The smallest absolute Gasteiger partial charge is 0.226 e. The number of amides is 2. The molecule has 2 amide bonds. The maximum atomic E-state index is 14.7. The minimum atomic E-state index is -1.20. The van der Waals surface area contributed by atoms with Crippen molar-refractivity contribution in [2.45, 2.75) is 97.1 Å². The number of hydrogen-bond acceptors (Lipinski definition) is 11. The average molecular weight is 823 g/mol. The Labute approximate surface area is 354 Å². The number of hydrogen-bond donors (Lipinski definition) is 4. The highest BCUT2D eigenvalue weighted by Crippen LogP contribution is 2.41. The fourth-order valence-corrected chi connectivity index (χ4v) is 7.58. The van der Waals surface area contributed by atoms with Gasteiger partial charge in [0.2, 0.25) is 11.8 Å².